The Morgan fingerprint density at radius 3 is 3.08 bits per heavy atom. The zero-order chi connectivity index (χ0) is 10.6. The largest absolute Gasteiger partial charge is 0.370 e. The van der Waals surface area contributed by atoms with Crippen LogP contribution in [0.15, 0.2) is 0 Å². The molecule has 4 heteroatoms. The van der Waals surface area contributed by atoms with Gasteiger partial charge in [0.25, 0.3) is 6.43 Å². The van der Waals surface area contributed by atoms with Crippen LogP contribution in [0.5, 0.6) is 0 Å². The number of nitrogens with zero attached hydrogens (tertiary/aromatic N) is 1. The fraction of sp³-hybridized carbons (Fsp3) is 1.00. The minimum absolute atomic E-state index is 0.122. The van der Waals surface area contributed by atoms with Crippen LogP contribution in [0.2, 0.25) is 0 Å². The Balaban J connectivity index is 2.25. The van der Waals surface area contributed by atoms with E-state index < -0.39 is 12.5 Å². The van der Waals surface area contributed by atoms with Gasteiger partial charge in [-0.15, -0.1) is 0 Å². The molecular weight excluding hydrogens is 176 g/mol. The van der Waals surface area contributed by atoms with Crippen LogP contribution in [0.3, 0.4) is 0 Å². The van der Waals surface area contributed by atoms with Crippen molar-refractivity contribution >= 4 is 0 Å². The van der Waals surface area contributed by atoms with Crippen LogP contribution >= 0.6 is 0 Å². The van der Waals surface area contributed by atoms with E-state index in [4.69, 9.17) is 6.11 Å². The van der Waals surface area contributed by atoms with E-state index in [1.807, 2.05) is 11.8 Å². The summed E-state index contributed by atoms with van der Waals surface area (Å²) in [7, 11) is 0. The third-order valence-corrected chi connectivity index (χ3v) is 2.19. The normalized spacial score (nSPS) is 28.9. The topological polar surface area (TPSA) is 12.5 Å². The van der Waals surface area contributed by atoms with Gasteiger partial charge in [0.15, 0.2) is 0 Å². The van der Waals surface area contributed by atoms with Crippen molar-refractivity contribution in [1.29, 1.82) is 0 Å². The second-order valence-corrected chi connectivity index (χ2v) is 3.24. The average Bonchev–Trinajstić information content (AvgIpc) is 2.15. The van der Waals surface area contributed by atoms with Crippen molar-refractivity contribution in [2.24, 2.45) is 0 Å². The molecule has 1 aliphatic heterocycles. The van der Waals surface area contributed by atoms with E-state index in [0.29, 0.717) is 19.7 Å². The maximum Gasteiger partial charge on any atom is 0.265 e. The molecule has 0 aliphatic carbocycles. The molecular formula is C9H17F2NO. The average molecular weight is 194 g/mol. The van der Waals surface area contributed by atoms with Gasteiger partial charge in [-0.2, -0.15) is 0 Å². The van der Waals surface area contributed by atoms with E-state index in [-0.39, 0.29) is 6.40 Å². The summed E-state index contributed by atoms with van der Waals surface area (Å²) in [6.45, 7) is 3.91. The highest BCUT2D eigenvalue weighted by Crippen LogP contribution is 2.12. The van der Waals surface area contributed by atoms with Gasteiger partial charge in [-0.3, -0.25) is 4.90 Å². The SMILES string of the molecule is [2H][C@H](C)CCN1CCO[C@H](C(F)F)C1. The summed E-state index contributed by atoms with van der Waals surface area (Å²) in [5.74, 6) is 0. The Kier molecular flexibility index (Phi) is 3.95. The number of halogens is 2. The highest BCUT2D eigenvalue weighted by molar-refractivity contribution is 4.72. The third kappa shape index (κ3) is 3.56. The van der Waals surface area contributed by atoms with Gasteiger partial charge in [0.05, 0.1) is 6.61 Å². The van der Waals surface area contributed by atoms with Gasteiger partial charge in [0.1, 0.15) is 6.10 Å². The van der Waals surface area contributed by atoms with Gasteiger partial charge in [0, 0.05) is 14.5 Å². The molecule has 0 spiro atoms. The molecule has 0 N–H and O–H groups in total. The summed E-state index contributed by atoms with van der Waals surface area (Å²) in [4.78, 5) is 1.95. The summed E-state index contributed by atoms with van der Waals surface area (Å²) < 4.78 is 36.9. The van der Waals surface area contributed by atoms with Crippen molar-refractivity contribution in [1.82, 2.24) is 4.90 Å². The lowest BCUT2D eigenvalue weighted by Crippen LogP contribution is -2.45. The summed E-state index contributed by atoms with van der Waals surface area (Å²) >= 11 is 0. The molecule has 0 aromatic carbocycles. The molecule has 1 aliphatic rings. The fourth-order valence-corrected chi connectivity index (χ4v) is 1.40. The van der Waals surface area contributed by atoms with Crippen molar-refractivity contribution in [3.63, 3.8) is 0 Å². The number of alkyl halides is 2. The van der Waals surface area contributed by atoms with Gasteiger partial charge in [0.2, 0.25) is 0 Å². The Labute approximate surface area is 79.3 Å². The van der Waals surface area contributed by atoms with E-state index in [1.165, 1.54) is 0 Å². The number of morpholine rings is 1. The Morgan fingerprint density at radius 1 is 1.69 bits per heavy atom. The summed E-state index contributed by atoms with van der Waals surface area (Å²) in [6, 6.07) is 0. The lowest BCUT2D eigenvalue weighted by Gasteiger charge is -2.32. The van der Waals surface area contributed by atoms with Crippen molar-refractivity contribution in [2.45, 2.75) is 32.3 Å². The quantitative estimate of drug-likeness (QED) is 0.676. The number of hydrogen-bond donors (Lipinski definition) is 0. The van der Waals surface area contributed by atoms with Crippen LogP contribution in [0, 0.1) is 0 Å². The summed E-state index contributed by atoms with van der Waals surface area (Å²) in [6.07, 6.45) is -2.73. The zero-order valence-electron chi connectivity index (χ0n) is 8.88. The monoisotopic (exact) mass is 194 g/mol. The molecule has 0 aromatic heterocycles. The van der Waals surface area contributed by atoms with Crippen LogP contribution in [-0.4, -0.2) is 43.7 Å². The second-order valence-electron chi connectivity index (χ2n) is 3.24. The Morgan fingerprint density at radius 2 is 2.46 bits per heavy atom. The van der Waals surface area contributed by atoms with E-state index in [2.05, 4.69) is 0 Å². The molecule has 0 amide bonds. The first-order valence-electron chi connectivity index (χ1n) is 5.21. The smallest absolute Gasteiger partial charge is 0.265 e. The van der Waals surface area contributed by atoms with Crippen LogP contribution in [0.25, 0.3) is 0 Å². The molecule has 78 valence electrons. The maximum atomic E-state index is 12.3. The standard InChI is InChI=1S/C9H17F2NO/c1-2-3-4-12-5-6-13-8(7-12)9(10)11/h8-9H,2-7H2,1H3/t8-/m0/s1/i2D/t2-,8+/m1. The van der Waals surface area contributed by atoms with Crippen LogP contribution in [-0.2, 0) is 4.74 Å². The summed E-state index contributed by atoms with van der Waals surface area (Å²) in [5, 5.41) is 0. The van der Waals surface area contributed by atoms with Gasteiger partial charge in [-0.1, -0.05) is 13.3 Å². The third-order valence-electron chi connectivity index (χ3n) is 2.19. The number of hydrogen-bond acceptors (Lipinski definition) is 2. The lowest BCUT2D eigenvalue weighted by molar-refractivity contribution is -0.102. The van der Waals surface area contributed by atoms with Gasteiger partial charge >= 0.3 is 0 Å². The van der Waals surface area contributed by atoms with Crippen LogP contribution in [0.1, 0.15) is 21.1 Å². The molecule has 0 saturated carbocycles. The fourth-order valence-electron chi connectivity index (χ4n) is 1.40. The minimum Gasteiger partial charge on any atom is -0.370 e. The van der Waals surface area contributed by atoms with Crippen molar-refractivity contribution in [2.75, 3.05) is 26.2 Å². The molecule has 0 radical (unpaired) electrons. The van der Waals surface area contributed by atoms with E-state index >= 15 is 0 Å². The Bertz CT molecular complexity index is 169. The Hall–Kier alpha value is -0.220. The molecule has 2 nitrogen and oxygen atoms in total. The predicted molar refractivity (Wildman–Crippen MR) is 47.1 cm³/mol. The molecule has 13 heavy (non-hydrogen) atoms. The molecule has 0 unspecified atom stereocenters. The van der Waals surface area contributed by atoms with Gasteiger partial charge in [-0.25, -0.2) is 8.78 Å². The molecule has 2 atom stereocenters. The highest BCUT2D eigenvalue weighted by atomic mass is 19.3. The summed E-state index contributed by atoms with van der Waals surface area (Å²) in [5.41, 5.74) is 0. The molecule has 0 bridgehead atoms. The van der Waals surface area contributed by atoms with Crippen LogP contribution < -0.4 is 0 Å². The number of rotatable bonds is 4. The van der Waals surface area contributed by atoms with E-state index in [1.54, 1.807) is 0 Å². The molecule has 1 saturated heterocycles. The van der Waals surface area contributed by atoms with Gasteiger partial charge < -0.3 is 4.74 Å². The second kappa shape index (κ2) is 5.50. The van der Waals surface area contributed by atoms with Crippen molar-refractivity contribution < 1.29 is 14.9 Å². The molecule has 1 fully saturated rings. The zero-order valence-corrected chi connectivity index (χ0v) is 7.88. The molecule has 0 aromatic rings. The first-order chi connectivity index (χ1) is 6.59. The van der Waals surface area contributed by atoms with Gasteiger partial charge in [-0.05, 0) is 13.0 Å². The van der Waals surface area contributed by atoms with Crippen molar-refractivity contribution in [3.8, 4) is 0 Å². The lowest BCUT2D eigenvalue weighted by atomic mass is 10.2. The predicted octanol–water partition coefficient (Wildman–Crippen LogP) is 1.75. The van der Waals surface area contributed by atoms with Crippen molar-refractivity contribution in [3.05, 3.63) is 0 Å². The minimum atomic E-state index is -2.40. The number of ether oxygens (including phenoxy) is 1. The molecule has 1 heterocycles. The first kappa shape index (κ1) is 9.34. The first-order valence-corrected chi connectivity index (χ1v) is 4.64. The van der Waals surface area contributed by atoms with E-state index in [0.717, 1.165) is 13.0 Å². The van der Waals surface area contributed by atoms with E-state index in [9.17, 15) is 8.78 Å². The van der Waals surface area contributed by atoms with Crippen LogP contribution in [0.4, 0.5) is 8.78 Å². The highest BCUT2D eigenvalue weighted by Gasteiger charge is 2.27. The maximum absolute atomic E-state index is 12.3. The molecule has 1 rings (SSSR count).